The largest absolute Gasteiger partial charge is 0.385 e. The molecular weight excluding hydrogens is 208 g/mol. The highest BCUT2D eigenvalue weighted by Gasteiger charge is 2.34. The van der Waals surface area contributed by atoms with Gasteiger partial charge in [-0.2, -0.15) is 0 Å². The van der Waals surface area contributed by atoms with Crippen LogP contribution in [0.1, 0.15) is 43.2 Å². The van der Waals surface area contributed by atoms with Crippen molar-refractivity contribution in [2.24, 2.45) is 0 Å². The standard InChI is InChI=1S/C11H18N2OS/c1-11(2,14)9-8(7-5-6-7)12-10(15-9)13(3)4/h7,14H,5-6H2,1-4H3. The van der Waals surface area contributed by atoms with E-state index in [2.05, 4.69) is 4.98 Å². The van der Waals surface area contributed by atoms with Gasteiger partial charge in [0.1, 0.15) is 0 Å². The Labute approximate surface area is 94.8 Å². The Hall–Kier alpha value is -0.610. The summed E-state index contributed by atoms with van der Waals surface area (Å²) in [5, 5.41) is 11.1. The fraction of sp³-hybridized carbons (Fsp3) is 0.727. The third kappa shape index (κ3) is 2.16. The molecule has 0 atom stereocenters. The van der Waals surface area contributed by atoms with Gasteiger partial charge < -0.3 is 10.0 Å². The van der Waals surface area contributed by atoms with Crippen LogP contribution in [0.15, 0.2) is 0 Å². The van der Waals surface area contributed by atoms with Crippen molar-refractivity contribution < 1.29 is 5.11 Å². The molecule has 0 bridgehead atoms. The molecule has 2 rings (SSSR count). The molecule has 0 spiro atoms. The van der Waals surface area contributed by atoms with Crippen molar-refractivity contribution in [3.8, 4) is 0 Å². The van der Waals surface area contributed by atoms with Crippen LogP contribution < -0.4 is 4.90 Å². The van der Waals surface area contributed by atoms with Gasteiger partial charge in [-0.1, -0.05) is 11.3 Å². The van der Waals surface area contributed by atoms with Gasteiger partial charge in [0, 0.05) is 20.0 Å². The van der Waals surface area contributed by atoms with Crippen molar-refractivity contribution in [1.29, 1.82) is 0 Å². The molecule has 0 radical (unpaired) electrons. The predicted molar refractivity (Wildman–Crippen MR) is 63.7 cm³/mol. The maximum absolute atomic E-state index is 10.1. The van der Waals surface area contributed by atoms with Gasteiger partial charge in [0.25, 0.3) is 0 Å². The lowest BCUT2D eigenvalue weighted by Gasteiger charge is -2.16. The molecule has 1 aliphatic rings. The van der Waals surface area contributed by atoms with E-state index in [0.29, 0.717) is 5.92 Å². The second-order valence-corrected chi connectivity index (χ2v) is 5.92. The molecule has 4 heteroatoms. The van der Waals surface area contributed by atoms with Crippen LogP contribution in [0.5, 0.6) is 0 Å². The van der Waals surface area contributed by atoms with E-state index >= 15 is 0 Å². The van der Waals surface area contributed by atoms with Gasteiger partial charge in [0.2, 0.25) is 0 Å². The van der Waals surface area contributed by atoms with Crippen LogP contribution >= 0.6 is 11.3 Å². The minimum absolute atomic E-state index is 0.594. The van der Waals surface area contributed by atoms with Crippen LogP contribution in [0.3, 0.4) is 0 Å². The topological polar surface area (TPSA) is 36.4 Å². The quantitative estimate of drug-likeness (QED) is 0.859. The smallest absolute Gasteiger partial charge is 0.185 e. The zero-order chi connectivity index (χ0) is 11.2. The summed E-state index contributed by atoms with van der Waals surface area (Å²) >= 11 is 1.61. The number of hydrogen-bond donors (Lipinski definition) is 1. The molecule has 1 aromatic heterocycles. The van der Waals surface area contributed by atoms with Crippen molar-refractivity contribution in [1.82, 2.24) is 4.98 Å². The van der Waals surface area contributed by atoms with Crippen molar-refractivity contribution in [2.45, 2.75) is 38.2 Å². The Kier molecular flexibility index (Phi) is 2.51. The number of aliphatic hydroxyl groups is 1. The van der Waals surface area contributed by atoms with Crippen LogP contribution in [0.2, 0.25) is 0 Å². The Bertz CT molecular complexity index is 361. The average molecular weight is 226 g/mol. The molecular formula is C11H18N2OS. The monoisotopic (exact) mass is 226 g/mol. The van der Waals surface area contributed by atoms with Gasteiger partial charge in [0.15, 0.2) is 5.13 Å². The third-order valence-corrected chi connectivity index (χ3v) is 4.10. The first kappa shape index (κ1) is 10.9. The summed E-state index contributed by atoms with van der Waals surface area (Å²) in [6.45, 7) is 3.68. The van der Waals surface area contributed by atoms with Gasteiger partial charge in [-0.05, 0) is 26.7 Å². The lowest BCUT2D eigenvalue weighted by atomic mass is 10.0. The normalized spacial score (nSPS) is 16.9. The average Bonchev–Trinajstić information content (AvgIpc) is 2.81. The maximum Gasteiger partial charge on any atom is 0.185 e. The molecule has 1 N–H and O–H groups in total. The van der Waals surface area contributed by atoms with E-state index < -0.39 is 5.60 Å². The van der Waals surface area contributed by atoms with Gasteiger partial charge in [-0.15, -0.1) is 0 Å². The molecule has 1 heterocycles. The van der Waals surface area contributed by atoms with Crippen molar-refractivity contribution >= 4 is 16.5 Å². The molecule has 15 heavy (non-hydrogen) atoms. The van der Waals surface area contributed by atoms with Crippen LogP contribution in [0.25, 0.3) is 0 Å². The number of anilines is 1. The second kappa shape index (κ2) is 3.46. The molecule has 0 aromatic carbocycles. The first-order valence-corrected chi connectivity index (χ1v) is 6.12. The van der Waals surface area contributed by atoms with Crippen LogP contribution in [0, 0.1) is 0 Å². The molecule has 1 saturated carbocycles. The maximum atomic E-state index is 10.1. The minimum atomic E-state index is -0.760. The van der Waals surface area contributed by atoms with E-state index in [-0.39, 0.29) is 0 Å². The first-order chi connectivity index (χ1) is 6.89. The summed E-state index contributed by atoms with van der Waals surface area (Å²) in [7, 11) is 3.98. The van der Waals surface area contributed by atoms with Crippen LogP contribution in [-0.2, 0) is 5.60 Å². The molecule has 0 amide bonds. The zero-order valence-electron chi connectivity index (χ0n) is 9.74. The Morgan fingerprint density at radius 1 is 1.40 bits per heavy atom. The van der Waals surface area contributed by atoms with E-state index in [4.69, 9.17) is 0 Å². The zero-order valence-corrected chi connectivity index (χ0v) is 10.6. The lowest BCUT2D eigenvalue weighted by Crippen LogP contribution is -2.15. The first-order valence-electron chi connectivity index (χ1n) is 5.30. The molecule has 3 nitrogen and oxygen atoms in total. The number of aromatic nitrogens is 1. The van der Waals surface area contributed by atoms with Crippen LogP contribution in [-0.4, -0.2) is 24.2 Å². The van der Waals surface area contributed by atoms with Gasteiger partial charge in [0.05, 0.1) is 16.2 Å². The fourth-order valence-electron chi connectivity index (χ4n) is 1.58. The highest BCUT2D eigenvalue weighted by molar-refractivity contribution is 7.15. The SMILES string of the molecule is CN(C)c1nc(C2CC2)c(C(C)(C)O)s1. The number of rotatable bonds is 3. The second-order valence-electron chi connectivity index (χ2n) is 4.94. The van der Waals surface area contributed by atoms with Crippen LogP contribution in [0.4, 0.5) is 5.13 Å². The summed E-state index contributed by atoms with van der Waals surface area (Å²) in [6, 6.07) is 0. The number of hydrogen-bond acceptors (Lipinski definition) is 4. The third-order valence-electron chi connectivity index (χ3n) is 2.54. The van der Waals surface area contributed by atoms with E-state index in [0.717, 1.165) is 15.7 Å². The van der Waals surface area contributed by atoms with Crippen molar-refractivity contribution in [3.63, 3.8) is 0 Å². The summed E-state index contributed by atoms with van der Waals surface area (Å²) in [4.78, 5) is 7.66. The molecule has 0 unspecified atom stereocenters. The van der Waals surface area contributed by atoms with E-state index in [1.54, 1.807) is 11.3 Å². The highest BCUT2D eigenvalue weighted by atomic mass is 32.1. The Balaban J connectivity index is 2.42. The molecule has 1 aromatic rings. The number of thiazole rings is 1. The van der Waals surface area contributed by atoms with Crippen molar-refractivity contribution in [3.05, 3.63) is 10.6 Å². The summed E-state index contributed by atoms with van der Waals surface area (Å²) in [6.07, 6.45) is 2.44. The molecule has 0 aliphatic heterocycles. The molecule has 84 valence electrons. The van der Waals surface area contributed by atoms with Gasteiger partial charge >= 0.3 is 0 Å². The highest BCUT2D eigenvalue weighted by Crippen LogP contribution is 2.46. The van der Waals surface area contributed by atoms with Gasteiger partial charge in [-0.3, -0.25) is 0 Å². The lowest BCUT2D eigenvalue weighted by molar-refractivity contribution is 0.0813. The molecule has 0 saturated heterocycles. The van der Waals surface area contributed by atoms with Crippen molar-refractivity contribution in [2.75, 3.05) is 19.0 Å². The van der Waals surface area contributed by atoms with Gasteiger partial charge in [-0.25, -0.2) is 4.98 Å². The summed E-state index contributed by atoms with van der Waals surface area (Å²) in [5.74, 6) is 0.594. The fourth-order valence-corrected chi connectivity index (χ4v) is 2.66. The summed E-state index contributed by atoms with van der Waals surface area (Å²) < 4.78 is 0. The van der Waals surface area contributed by atoms with E-state index in [1.165, 1.54) is 12.8 Å². The molecule has 1 aliphatic carbocycles. The predicted octanol–water partition coefficient (Wildman–Crippen LogP) is 2.31. The summed E-state index contributed by atoms with van der Waals surface area (Å²) in [5.41, 5.74) is 0.361. The Morgan fingerprint density at radius 2 is 2.00 bits per heavy atom. The minimum Gasteiger partial charge on any atom is -0.385 e. The molecule has 1 fully saturated rings. The Morgan fingerprint density at radius 3 is 2.40 bits per heavy atom. The number of nitrogens with zero attached hydrogens (tertiary/aromatic N) is 2. The van der Waals surface area contributed by atoms with E-state index in [1.807, 2.05) is 32.8 Å². The van der Waals surface area contributed by atoms with E-state index in [9.17, 15) is 5.11 Å².